The number of aryl methyl sites for hydroxylation is 1. The van der Waals surface area contributed by atoms with Crippen LogP contribution in [-0.2, 0) is 6.61 Å². The zero-order chi connectivity index (χ0) is 20.0. The number of hydrogen-bond acceptors (Lipinski definition) is 5. The van der Waals surface area contributed by atoms with Gasteiger partial charge in [0.25, 0.3) is 5.91 Å². The summed E-state index contributed by atoms with van der Waals surface area (Å²) in [4.78, 5) is 19.4. The molecule has 0 radical (unpaired) electrons. The van der Waals surface area contributed by atoms with E-state index in [0.29, 0.717) is 18.8 Å². The first-order chi connectivity index (χ1) is 13.5. The SMILES string of the molecule is Cc1ccc(OCc2nc(C(=O)NCC3(N(C)C)CCCCCC3)cs2)cc1. The number of likely N-dealkylation sites (N-methyl/N-ethyl adjacent to an activating group) is 1. The maximum absolute atomic E-state index is 12.6. The Kier molecular flexibility index (Phi) is 7.08. The lowest BCUT2D eigenvalue weighted by Crippen LogP contribution is -2.52. The number of hydrogen-bond donors (Lipinski definition) is 1. The van der Waals surface area contributed by atoms with Crippen molar-refractivity contribution >= 4 is 17.2 Å². The quantitative estimate of drug-likeness (QED) is 0.698. The zero-order valence-corrected chi connectivity index (χ0v) is 18.0. The highest BCUT2D eigenvalue weighted by Gasteiger charge is 2.33. The van der Waals surface area contributed by atoms with Crippen molar-refractivity contribution in [2.45, 2.75) is 57.6 Å². The molecule has 1 saturated carbocycles. The van der Waals surface area contributed by atoms with E-state index in [1.165, 1.54) is 42.6 Å². The van der Waals surface area contributed by atoms with E-state index >= 15 is 0 Å². The van der Waals surface area contributed by atoms with E-state index in [0.717, 1.165) is 23.6 Å². The highest BCUT2D eigenvalue weighted by molar-refractivity contribution is 7.09. The van der Waals surface area contributed by atoms with Crippen LogP contribution in [-0.4, -0.2) is 42.0 Å². The second-order valence-corrected chi connectivity index (χ2v) is 8.89. The molecule has 0 aliphatic heterocycles. The highest BCUT2D eigenvalue weighted by Crippen LogP contribution is 2.30. The third-order valence-corrected chi connectivity index (χ3v) is 6.55. The molecular formula is C22H31N3O2S. The molecule has 0 unspecified atom stereocenters. The number of benzene rings is 1. The first-order valence-corrected chi connectivity index (χ1v) is 11.0. The fourth-order valence-electron chi connectivity index (χ4n) is 3.77. The Morgan fingerprint density at radius 2 is 1.86 bits per heavy atom. The molecule has 0 bridgehead atoms. The molecule has 1 heterocycles. The Balaban J connectivity index is 1.55. The van der Waals surface area contributed by atoms with E-state index in [-0.39, 0.29) is 11.4 Å². The smallest absolute Gasteiger partial charge is 0.270 e. The maximum Gasteiger partial charge on any atom is 0.270 e. The molecule has 5 nitrogen and oxygen atoms in total. The standard InChI is InChI=1S/C22H31N3O2S/c1-17-8-10-18(11-9-17)27-14-20-24-19(15-28-20)21(26)23-16-22(25(2)3)12-6-4-5-7-13-22/h8-11,15H,4-7,12-14,16H2,1-3H3,(H,23,26). The van der Waals surface area contributed by atoms with E-state index in [2.05, 4.69) is 29.3 Å². The van der Waals surface area contributed by atoms with Gasteiger partial charge in [0.1, 0.15) is 23.1 Å². The predicted octanol–water partition coefficient (Wildman–Crippen LogP) is 4.41. The molecule has 28 heavy (non-hydrogen) atoms. The molecule has 2 aromatic rings. The molecule has 0 saturated heterocycles. The van der Waals surface area contributed by atoms with Crippen LogP contribution in [0.3, 0.4) is 0 Å². The molecule has 0 spiro atoms. The first kappa shape index (κ1) is 20.8. The van der Waals surface area contributed by atoms with E-state index in [1.54, 1.807) is 0 Å². The van der Waals surface area contributed by atoms with Crippen molar-refractivity contribution in [2.75, 3.05) is 20.6 Å². The normalized spacial score (nSPS) is 16.6. The average Bonchev–Trinajstić information content (AvgIpc) is 3.03. The Labute approximate surface area is 172 Å². The summed E-state index contributed by atoms with van der Waals surface area (Å²) in [6.45, 7) is 3.10. The summed E-state index contributed by atoms with van der Waals surface area (Å²) in [7, 11) is 4.25. The second kappa shape index (κ2) is 9.52. The summed E-state index contributed by atoms with van der Waals surface area (Å²) in [5.74, 6) is 0.719. The Bertz CT molecular complexity index is 762. The number of aromatic nitrogens is 1. The van der Waals surface area contributed by atoms with Gasteiger partial charge in [-0.15, -0.1) is 11.3 Å². The van der Waals surface area contributed by atoms with Gasteiger partial charge in [0.2, 0.25) is 0 Å². The number of carbonyl (C=O) groups is 1. The summed E-state index contributed by atoms with van der Waals surface area (Å²) in [6.07, 6.45) is 7.30. The molecule has 1 aromatic carbocycles. The molecule has 1 aliphatic carbocycles. The topological polar surface area (TPSA) is 54.5 Å². The van der Waals surface area contributed by atoms with Crippen molar-refractivity contribution < 1.29 is 9.53 Å². The van der Waals surface area contributed by atoms with Gasteiger partial charge >= 0.3 is 0 Å². The zero-order valence-electron chi connectivity index (χ0n) is 17.2. The van der Waals surface area contributed by atoms with E-state index in [9.17, 15) is 4.79 Å². The summed E-state index contributed by atoms with van der Waals surface area (Å²) in [5.41, 5.74) is 1.74. The summed E-state index contributed by atoms with van der Waals surface area (Å²) in [5, 5.41) is 5.76. The average molecular weight is 402 g/mol. The van der Waals surface area contributed by atoms with Crippen molar-refractivity contribution in [3.63, 3.8) is 0 Å². The summed E-state index contributed by atoms with van der Waals surface area (Å²) >= 11 is 1.46. The van der Waals surface area contributed by atoms with Crippen molar-refractivity contribution in [3.8, 4) is 5.75 Å². The van der Waals surface area contributed by atoms with Gasteiger partial charge in [-0.2, -0.15) is 0 Å². The van der Waals surface area contributed by atoms with Gasteiger partial charge in [-0.1, -0.05) is 43.4 Å². The largest absolute Gasteiger partial charge is 0.486 e. The molecule has 3 rings (SSSR count). The fourth-order valence-corrected chi connectivity index (χ4v) is 4.45. The molecule has 1 fully saturated rings. The van der Waals surface area contributed by atoms with Crippen LogP contribution < -0.4 is 10.1 Å². The van der Waals surface area contributed by atoms with Gasteiger partial charge in [0, 0.05) is 17.5 Å². The third-order valence-electron chi connectivity index (χ3n) is 5.73. The van der Waals surface area contributed by atoms with Crippen LogP contribution in [0.15, 0.2) is 29.6 Å². The van der Waals surface area contributed by atoms with E-state index in [1.807, 2.05) is 36.6 Å². The Morgan fingerprint density at radius 3 is 2.50 bits per heavy atom. The van der Waals surface area contributed by atoms with Crippen molar-refractivity contribution in [3.05, 3.63) is 45.9 Å². The molecule has 1 N–H and O–H groups in total. The van der Waals surface area contributed by atoms with Gasteiger partial charge in [0.15, 0.2) is 0 Å². The fraction of sp³-hybridized carbons (Fsp3) is 0.545. The summed E-state index contributed by atoms with van der Waals surface area (Å²) in [6, 6.07) is 7.93. The highest BCUT2D eigenvalue weighted by atomic mass is 32.1. The molecule has 1 aromatic heterocycles. The lowest BCUT2D eigenvalue weighted by molar-refractivity contribution is 0.0865. The molecule has 1 aliphatic rings. The molecule has 1 amide bonds. The van der Waals surface area contributed by atoms with Crippen LogP contribution in [0.4, 0.5) is 0 Å². The van der Waals surface area contributed by atoms with Gasteiger partial charge in [-0.05, 0) is 46.0 Å². The predicted molar refractivity (Wildman–Crippen MR) is 114 cm³/mol. The van der Waals surface area contributed by atoms with Crippen molar-refractivity contribution in [1.29, 1.82) is 0 Å². The number of carbonyl (C=O) groups excluding carboxylic acids is 1. The molecular weight excluding hydrogens is 370 g/mol. The van der Waals surface area contributed by atoms with Gasteiger partial charge in [0.05, 0.1) is 0 Å². The molecule has 6 heteroatoms. The summed E-state index contributed by atoms with van der Waals surface area (Å²) < 4.78 is 5.77. The Hall–Kier alpha value is -1.92. The lowest BCUT2D eigenvalue weighted by Gasteiger charge is -2.39. The Morgan fingerprint density at radius 1 is 1.18 bits per heavy atom. The van der Waals surface area contributed by atoms with Gasteiger partial charge in [-0.3, -0.25) is 4.79 Å². The number of nitrogens with one attached hydrogen (secondary N) is 1. The number of ether oxygens (including phenoxy) is 1. The van der Waals surface area contributed by atoms with E-state index < -0.39 is 0 Å². The van der Waals surface area contributed by atoms with Crippen molar-refractivity contribution in [2.24, 2.45) is 0 Å². The lowest BCUT2D eigenvalue weighted by atomic mass is 9.88. The van der Waals surface area contributed by atoms with E-state index in [4.69, 9.17) is 4.74 Å². The molecule has 152 valence electrons. The number of rotatable bonds is 7. The van der Waals surface area contributed by atoms with Gasteiger partial charge in [-0.25, -0.2) is 4.98 Å². The van der Waals surface area contributed by atoms with Crippen LogP contribution in [0.25, 0.3) is 0 Å². The van der Waals surface area contributed by atoms with Crippen LogP contribution >= 0.6 is 11.3 Å². The van der Waals surface area contributed by atoms with Crippen LogP contribution in [0, 0.1) is 6.92 Å². The molecule has 0 atom stereocenters. The maximum atomic E-state index is 12.6. The minimum Gasteiger partial charge on any atom is -0.486 e. The van der Waals surface area contributed by atoms with Crippen LogP contribution in [0.2, 0.25) is 0 Å². The third kappa shape index (κ3) is 5.32. The number of amides is 1. The van der Waals surface area contributed by atoms with Crippen LogP contribution in [0.1, 0.15) is 59.6 Å². The number of nitrogens with zero attached hydrogens (tertiary/aromatic N) is 2. The first-order valence-electron chi connectivity index (χ1n) is 10.1. The minimum atomic E-state index is -0.0942. The second-order valence-electron chi connectivity index (χ2n) is 7.94. The monoisotopic (exact) mass is 401 g/mol. The number of thiazole rings is 1. The minimum absolute atomic E-state index is 0.0551. The van der Waals surface area contributed by atoms with Crippen molar-refractivity contribution in [1.82, 2.24) is 15.2 Å². The van der Waals surface area contributed by atoms with Gasteiger partial charge < -0.3 is 15.0 Å². The van der Waals surface area contributed by atoms with Crippen LogP contribution in [0.5, 0.6) is 5.75 Å².